The van der Waals surface area contributed by atoms with Crippen molar-refractivity contribution in [1.82, 2.24) is 4.98 Å². The van der Waals surface area contributed by atoms with Crippen LogP contribution >= 0.6 is 0 Å². The van der Waals surface area contributed by atoms with Crippen molar-refractivity contribution in [3.63, 3.8) is 0 Å². The summed E-state index contributed by atoms with van der Waals surface area (Å²) in [5, 5.41) is 0. The van der Waals surface area contributed by atoms with E-state index in [9.17, 15) is 8.42 Å². The van der Waals surface area contributed by atoms with Crippen molar-refractivity contribution >= 4 is 26.8 Å². The van der Waals surface area contributed by atoms with Crippen LogP contribution in [0.1, 0.15) is 16.7 Å². The molecule has 0 saturated heterocycles. The van der Waals surface area contributed by atoms with Crippen LogP contribution in [0, 0.1) is 20.8 Å². The van der Waals surface area contributed by atoms with Crippen LogP contribution in [0.5, 0.6) is 0 Å². The smallest absolute Gasteiger partial charge is 0.261 e. The molecule has 1 heterocycles. The summed E-state index contributed by atoms with van der Waals surface area (Å²) in [4.78, 5) is 4.77. The van der Waals surface area contributed by atoms with Gasteiger partial charge in [0.2, 0.25) is 5.89 Å². The predicted molar refractivity (Wildman–Crippen MR) is 111 cm³/mol. The standard InChI is InChI=1S/C22H20N2O3S/c1-14-4-8-17(9-5-14)22-23-20-13-18(12-16(3)21(20)27-22)24-28(25,26)19-10-6-15(2)7-11-19/h4-13,24H,1-3H3. The third-order valence-electron chi connectivity index (χ3n) is 4.56. The minimum atomic E-state index is -3.67. The summed E-state index contributed by atoms with van der Waals surface area (Å²) in [5.74, 6) is 0.511. The Morgan fingerprint density at radius 1 is 0.857 bits per heavy atom. The summed E-state index contributed by atoms with van der Waals surface area (Å²) in [6.07, 6.45) is 0. The van der Waals surface area contributed by atoms with Crippen LogP contribution < -0.4 is 4.72 Å². The number of fused-ring (bicyclic) bond motifs is 1. The Morgan fingerprint density at radius 2 is 1.46 bits per heavy atom. The van der Waals surface area contributed by atoms with Gasteiger partial charge < -0.3 is 4.42 Å². The van der Waals surface area contributed by atoms with E-state index in [1.165, 1.54) is 0 Å². The average molecular weight is 392 g/mol. The van der Waals surface area contributed by atoms with Crippen molar-refractivity contribution in [1.29, 1.82) is 0 Å². The van der Waals surface area contributed by atoms with Gasteiger partial charge in [-0.2, -0.15) is 0 Å². The van der Waals surface area contributed by atoms with E-state index in [1.807, 2.05) is 45.0 Å². The molecule has 4 rings (SSSR count). The quantitative estimate of drug-likeness (QED) is 0.517. The number of aryl methyl sites for hydroxylation is 3. The van der Waals surface area contributed by atoms with Crippen molar-refractivity contribution in [2.24, 2.45) is 0 Å². The Bertz CT molecular complexity index is 1260. The molecule has 0 aliphatic rings. The Labute approximate surface area is 164 Å². The van der Waals surface area contributed by atoms with Crippen LogP contribution in [0.25, 0.3) is 22.6 Å². The fraction of sp³-hybridized carbons (Fsp3) is 0.136. The third-order valence-corrected chi connectivity index (χ3v) is 5.95. The van der Waals surface area contributed by atoms with E-state index in [1.54, 1.807) is 36.4 Å². The first kappa shape index (κ1) is 18.3. The highest BCUT2D eigenvalue weighted by Crippen LogP contribution is 2.30. The molecule has 142 valence electrons. The van der Waals surface area contributed by atoms with Crippen LogP contribution in [0.15, 0.2) is 70.0 Å². The molecule has 1 aromatic heterocycles. The number of aromatic nitrogens is 1. The van der Waals surface area contributed by atoms with Gasteiger partial charge in [-0.3, -0.25) is 4.72 Å². The predicted octanol–water partition coefficient (Wildman–Crippen LogP) is 5.22. The SMILES string of the molecule is Cc1ccc(-c2nc3cc(NS(=O)(=O)c4ccc(C)cc4)cc(C)c3o2)cc1. The molecule has 0 aliphatic carbocycles. The van der Waals surface area contributed by atoms with Gasteiger partial charge in [0, 0.05) is 5.56 Å². The number of hydrogen-bond acceptors (Lipinski definition) is 4. The van der Waals surface area contributed by atoms with Crippen molar-refractivity contribution in [2.45, 2.75) is 25.7 Å². The Balaban J connectivity index is 1.71. The number of rotatable bonds is 4. The first-order chi connectivity index (χ1) is 13.3. The van der Waals surface area contributed by atoms with Gasteiger partial charge in [-0.25, -0.2) is 13.4 Å². The molecule has 0 aliphatic heterocycles. The van der Waals surface area contributed by atoms with Crippen molar-refractivity contribution in [2.75, 3.05) is 4.72 Å². The maximum Gasteiger partial charge on any atom is 0.261 e. The van der Waals surface area contributed by atoms with E-state index in [-0.39, 0.29) is 4.90 Å². The van der Waals surface area contributed by atoms with Gasteiger partial charge in [0.25, 0.3) is 10.0 Å². The fourth-order valence-corrected chi connectivity index (χ4v) is 4.05. The number of hydrogen-bond donors (Lipinski definition) is 1. The molecule has 0 bridgehead atoms. The second-order valence-electron chi connectivity index (χ2n) is 6.94. The normalized spacial score (nSPS) is 11.7. The molecule has 6 heteroatoms. The molecule has 0 amide bonds. The summed E-state index contributed by atoms with van der Waals surface area (Å²) < 4.78 is 33.9. The number of nitrogens with one attached hydrogen (secondary N) is 1. The molecule has 3 aromatic carbocycles. The summed E-state index contributed by atoms with van der Waals surface area (Å²) in [5.41, 5.74) is 5.56. The lowest BCUT2D eigenvalue weighted by Gasteiger charge is -2.09. The summed E-state index contributed by atoms with van der Waals surface area (Å²) in [6, 6.07) is 18.1. The minimum Gasteiger partial charge on any atom is -0.436 e. The Kier molecular flexibility index (Phi) is 4.43. The molecule has 0 radical (unpaired) electrons. The molecule has 4 aromatic rings. The zero-order valence-electron chi connectivity index (χ0n) is 15.9. The number of anilines is 1. The zero-order chi connectivity index (χ0) is 19.9. The zero-order valence-corrected chi connectivity index (χ0v) is 16.7. The van der Waals surface area contributed by atoms with E-state index in [0.29, 0.717) is 22.7 Å². The monoisotopic (exact) mass is 392 g/mol. The number of sulfonamides is 1. The molecule has 0 fully saturated rings. The minimum absolute atomic E-state index is 0.219. The fourth-order valence-electron chi connectivity index (χ4n) is 3.01. The molecule has 28 heavy (non-hydrogen) atoms. The van der Waals surface area contributed by atoms with Gasteiger partial charge in [0.05, 0.1) is 10.6 Å². The second-order valence-corrected chi connectivity index (χ2v) is 8.63. The number of benzene rings is 3. The third kappa shape index (κ3) is 3.51. The summed E-state index contributed by atoms with van der Waals surface area (Å²) >= 11 is 0. The van der Waals surface area contributed by atoms with Crippen LogP contribution in [0.2, 0.25) is 0 Å². The second kappa shape index (κ2) is 6.80. The van der Waals surface area contributed by atoms with Gasteiger partial charge >= 0.3 is 0 Å². The highest BCUT2D eigenvalue weighted by molar-refractivity contribution is 7.92. The van der Waals surface area contributed by atoms with Crippen LogP contribution in [0.3, 0.4) is 0 Å². The molecule has 0 atom stereocenters. The lowest BCUT2D eigenvalue weighted by atomic mass is 10.1. The van der Waals surface area contributed by atoms with Crippen molar-refractivity contribution in [3.8, 4) is 11.5 Å². The molecular weight excluding hydrogens is 372 g/mol. The van der Waals surface area contributed by atoms with Gasteiger partial charge in [0.15, 0.2) is 5.58 Å². The maximum absolute atomic E-state index is 12.7. The molecular formula is C22H20N2O3S. The van der Waals surface area contributed by atoms with Gasteiger partial charge in [-0.05, 0) is 62.7 Å². The van der Waals surface area contributed by atoms with E-state index in [2.05, 4.69) is 9.71 Å². The van der Waals surface area contributed by atoms with E-state index in [0.717, 1.165) is 22.3 Å². The lowest BCUT2D eigenvalue weighted by Crippen LogP contribution is -2.13. The average Bonchev–Trinajstić information content (AvgIpc) is 3.07. The molecule has 0 saturated carbocycles. The van der Waals surface area contributed by atoms with E-state index < -0.39 is 10.0 Å². The van der Waals surface area contributed by atoms with Crippen LogP contribution in [-0.4, -0.2) is 13.4 Å². The highest BCUT2D eigenvalue weighted by Gasteiger charge is 2.17. The molecule has 1 N–H and O–H groups in total. The van der Waals surface area contributed by atoms with E-state index >= 15 is 0 Å². The first-order valence-electron chi connectivity index (χ1n) is 8.89. The maximum atomic E-state index is 12.7. The largest absolute Gasteiger partial charge is 0.436 e. The van der Waals surface area contributed by atoms with Crippen LogP contribution in [-0.2, 0) is 10.0 Å². The topological polar surface area (TPSA) is 72.2 Å². The first-order valence-corrected chi connectivity index (χ1v) is 10.4. The molecule has 0 unspecified atom stereocenters. The number of nitrogens with zero attached hydrogens (tertiary/aromatic N) is 1. The van der Waals surface area contributed by atoms with Gasteiger partial charge in [-0.15, -0.1) is 0 Å². The van der Waals surface area contributed by atoms with Gasteiger partial charge in [0.1, 0.15) is 5.52 Å². The van der Waals surface area contributed by atoms with Crippen molar-refractivity contribution < 1.29 is 12.8 Å². The van der Waals surface area contributed by atoms with E-state index in [4.69, 9.17) is 4.42 Å². The summed E-state index contributed by atoms with van der Waals surface area (Å²) in [7, 11) is -3.67. The van der Waals surface area contributed by atoms with Gasteiger partial charge in [-0.1, -0.05) is 35.4 Å². The lowest BCUT2D eigenvalue weighted by molar-refractivity contribution is 0.601. The number of oxazole rings is 1. The summed E-state index contributed by atoms with van der Waals surface area (Å²) in [6.45, 7) is 5.81. The van der Waals surface area contributed by atoms with Crippen LogP contribution in [0.4, 0.5) is 5.69 Å². The Hall–Kier alpha value is -3.12. The highest BCUT2D eigenvalue weighted by atomic mass is 32.2. The van der Waals surface area contributed by atoms with Crippen molar-refractivity contribution in [3.05, 3.63) is 77.4 Å². The molecule has 0 spiro atoms. The molecule has 5 nitrogen and oxygen atoms in total. The Morgan fingerprint density at radius 3 is 2.11 bits per heavy atom.